The van der Waals surface area contributed by atoms with Crippen molar-refractivity contribution in [1.29, 1.82) is 0 Å². The summed E-state index contributed by atoms with van der Waals surface area (Å²) >= 11 is 0. The molecular weight excluding hydrogens is 295 g/mol. The van der Waals surface area contributed by atoms with Crippen molar-refractivity contribution in [3.05, 3.63) is 35.5 Å². The molecule has 0 atom stereocenters. The third-order valence-electron chi connectivity index (χ3n) is 3.99. The lowest BCUT2D eigenvalue weighted by Crippen LogP contribution is -2.22. The number of halogens is 3. The molecule has 1 fully saturated rings. The zero-order valence-electron chi connectivity index (χ0n) is 12.1. The fourth-order valence-corrected chi connectivity index (χ4v) is 2.81. The Morgan fingerprint density at radius 1 is 1.36 bits per heavy atom. The number of ketones is 1. The normalized spacial score (nSPS) is 15.5. The zero-order chi connectivity index (χ0) is 15.9. The molecule has 1 aliphatic rings. The van der Waals surface area contributed by atoms with Crippen LogP contribution in [0.5, 0.6) is 0 Å². The van der Waals surface area contributed by atoms with Crippen molar-refractivity contribution in [3.8, 4) is 0 Å². The predicted octanol–water partition coefficient (Wildman–Crippen LogP) is 3.91. The molecule has 0 bridgehead atoms. The summed E-state index contributed by atoms with van der Waals surface area (Å²) in [5, 5.41) is 0.448. The van der Waals surface area contributed by atoms with Crippen LogP contribution in [-0.2, 0) is 11.3 Å². The monoisotopic (exact) mass is 311 g/mol. The van der Waals surface area contributed by atoms with E-state index in [0.717, 1.165) is 18.4 Å². The topological polar surface area (TPSA) is 31.2 Å². The van der Waals surface area contributed by atoms with Crippen molar-refractivity contribution in [3.63, 3.8) is 0 Å². The Hall–Kier alpha value is -1.82. The molecule has 0 unspecified atom stereocenters. The predicted molar refractivity (Wildman–Crippen MR) is 76.2 cm³/mol. The molecule has 3 nitrogen and oxygen atoms in total. The van der Waals surface area contributed by atoms with Crippen LogP contribution >= 0.6 is 0 Å². The van der Waals surface area contributed by atoms with Crippen LogP contribution in [0, 0.1) is 0 Å². The third-order valence-corrected chi connectivity index (χ3v) is 3.99. The summed E-state index contributed by atoms with van der Waals surface area (Å²) in [4.78, 5) is 11.8. The van der Waals surface area contributed by atoms with Crippen LogP contribution < -0.4 is 0 Å². The van der Waals surface area contributed by atoms with Gasteiger partial charge in [0.2, 0.25) is 0 Å². The molecule has 0 radical (unpaired) electrons. The molecule has 2 aromatic rings. The van der Waals surface area contributed by atoms with Crippen molar-refractivity contribution < 1.29 is 22.7 Å². The third kappa shape index (κ3) is 2.63. The van der Waals surface area contributed by atoms with Crippen LogP contribution in [0.25, 0.3) is 10.9 Å². The highest BCUT2D eigenvalue weighted by molar-refractivity contribution is 6.11. The minimum atomic E-state index is -4.86. The summed E-state index contributed by atoms with van der Waals surface area (Å²) in [7, 11) is 1.53. The number of carbonyl (C=O) groups is 1. The van der Waals surface area contributed by atoms with Gasteiger partial charge in [-0.05, 0) is 30.4 Å². The number of methoxy groups -OCH3 is 1. The number of benzene rings is 1. The Morgan fingerprint density at radius 2 is 2.09 bits per heavy atom. The van der Waals surface area contributed by atoms with Gasteiger partial charge in [0.15, 0.2) is 0 Å². The van der Waals surface area contributed by atoms with Crippen LogP contribution in [0.1, 0.15) is 34.7 Å². The number of hydrogen-bond donors (Lipinski definition) is 0. The number of ether oxygens (including phenoxy) is 1. The van der Waals surface area contributed by atoms with Gasteiger partial charge in [-0.2, -0.15) is 13.2 Å². The van der Waals surface area contributed by atoms with E-state index in [2.05, 4.69) is 0 Å². The van der Waals surface area contributed by atoms with Gasteiger partial charge in [0.1, 0.15) is 0 Å². The summed E-state index contributed by atoms with van der Waals surface area (Å²) in [5.41, 5.74) is 1.26. The van der Waals surface area contributed by atoms with Crippen LogP contribution in [0.4, 0.5) is 13.2 Å². The molecule has 0 saturated heterocycles. The van der Waals surface area contributed by atoms with E-state index in [1.54, 1.807) is 10.6 Å². The first-order valence-corrected chi connectivity index (χ1v) is 7.15. The Morgan fingerprint density at radius 3 is 2.68 bits per heavy atom. The van der Waals surface area contributed by atoms with E-state index < -0.39 is 12.0 Å². The number of aromatic nitrogens is 1. The van der Waals surface area contributed by atoms with Gasteiger partial charge < -0.3 is 9.30 Å². The first-order chi connectivity index (χ1) is 10.4. The van der Waals surface area contributed by atoms with Crippen LogP contribution in [0.2, 0.25) is 0 Å². The standard InChI is InChI=1S/C16H16F3NO2/c1-22-8-7-20-9-12(15(21)16(17,18)19)14-11(10-5-6-10)3-2-4-13(14)20/h2-4,9-10H,5-8H2,1H3. The molecule has 0 aliphatic heterocycles. The Labute approximate surface area is 125 Å². The quantitative estimate of drug-likeness (QED) is 0.784. The number of rotatable bonds is 5. The molecule has 1 saturated carbocycles. The fourth-order valence-electron chi connectivity index (χ4n) is 2.81. The number of nitrogens with zero attached hydrogens (tertiary/aromatic N) is 1. The molecule has 1 aromatic carbocycles. The van der Waals surface area contributed by atoms with Crippen LogP contribution in [0.15, 0.2) is 24.4 Å². The van der Waals surface area contributed by atoms with E-state index in [1.807, 2.05) is 12.1 Å². The van der Waals surface area contributed by atoms with E-state index in [4.69, 9.17) is 4.74 Å². The highest BCUT2D eigenvalue weighted by atomic mass is 19.4. The summed E-state index contributed by atoms with van der Waals surface area (Å²) in [6, 6.07) is 5.42. The van der Waals surface area contributed by atoms with E-state index >= 15 is 0 Å². The van der Waals surface area contributed by atoms with Gasteiger partial charge in [-0.15, -0.1) is 0 Å². The van der Waals surface area contributed by atoms with Crippen molar-refractivity contribution in [2.75, 3.05) is 13.7 Å². The maximum Gasteiger partial charge on any atom is 0.454 e. The van der Waals surface area contributed by atoms with Gasteiger partial charge in [0, 0.05) is 30.8 Å². The molecule has 1 heterocycles. The first kappa shape index (κ1) is 15.1. The first-order valence-electron chi connectivity index (χ1n) is 7.15. The molecule has 118 valence electrons. The van der Waals surface area contributed by atoms with E-state index in [9.17, 15) is 18.0 Å². The lowest BCUT2D eigenvalue weighted by molar-refractivity contribution is -0.0884. The lowest BCUT2D eigenvalue weighted by atomic mass is 10.0. The number of hydrogen-bond acceptors (Lipinski definition) is 2. The van der Waals surface area contributed by atoms with Crippen molar-refractivity contribution in [1.82, 2.24) is 4.57 Å². The number of alkyl halides is 3. The van der Waals surface area contributed by atoms with Gasteiger partial charge in [0.05, 0.1) is 12.2 Å². The average Bonchev–Trinajstić information content (AvgIpc) is 3.25. The maximum absolute atomic E-state index is 12.9. The van der Waals surface area contributed by atoms with Gasteiger partial charge in [-0.1, -0.05) is 12.1 Å². The summed E-state index contributed by atoms with van der Waals surface area (Å²) in [6.45, 7) is 0.781. The van der Waals surface area contributed by atoms with Crippen molar-refractivity contribution >= 4 is 16.7 Å². The molecule has 1 aliphatic carbocycles. The van der Waals surface area contributed by atoms with Gasteiger partial charge in [-0.3, -0.25) is 4.79 Å². The Kier molecular flexibility index (Phi) is 3.72. The fraction of sp³-hybridized carbons (Fsp3) is 0.438. The van der Waals surface area contributed by atoms with Gasteiger partial charge in [-0.25, -0.2) is 0 Å². The van der Waals surface area contributed by atoms with Crippen LogP contribution in [0.3, 0.4) is 0 Å². The SMILES string of the molecule is COCCn1cc(C(=O)C(F)(F)F)c2c(C3CC3)cccc21. The average molecular weight is 311 g/mol. The molecular formula is C16H16F3NO2. The molecule has 1 aromatic heterocycles. The van der Waals surface area contributed by atoms with Crippen molar-refractivity contribution in [2.45, 2.75) is 31.5 Å². The summed E-state index contributed by atoms with van der Waals surface area (Å²) in [5.74, 6) is -1.51. The zero-order valence-corrected chi connectivity index (χ0v) is 12.1. The Balaban J connectivity index is 2.19. The molecule has 22 heavy (non-hydrogen) atoms. The minimum Gasteiger partial charge on any atom is -0.383 e. The van der Waals surface area contributed by atoms with E-state index in [-0.39, 0.29) is 11.5 Å². The maximum atomic E-state index is 12.9. The molecule has 3 rings (SSSR count). The molecule has 0 amide bonds. The second-order valence-corrected chi connectivity index (χ2v) is 5.57. The van der Waals surface area contributed by atoms with E-state index in [0.29, 0.717) is 24.1 Å². The highest BCUT2D eigenvalue weighted by Gasteiger charge is 2.41. The number of carbonyl (C=O) groups excluding carboxylic acids is 1. The highest BCUT2D eigenvalue weighted by Crippen LogP contribution is 2.44. The number of fused-ring (bicyclic) bond motifs is 1. The van der Waals surface area contributed by atoms with Crippen molar-refractivity contribution in [2.24, 2.45) is 0 Å². The molecule has 0 spiro atoms. The van der Waals surface area contributed by atoms with Gasteiger partial charge in [0.25, 0.3) is 5.78 Å². The summed E-state index contributed by atoms with van der Waals surface area (Å²) in [6.07, 6.45) is -1.63. The smallest absolute Gasteiger partial charge is 0.383 e. The number of Topliss-reactive ketones (excluding diaryl/α,β-unsaturated/α-hetero) is 1. The molecule has 6 heteroatoms. The molecule has 0 N–H and O–H groups in total. The second kappa shape index (κ2) is 5.43. The second-order valence-electron chi connectivity index (χ2n) is 5.57. The summed E-state index contributed by atoms with van der Waals surface area (Å²) < 4.78 is 45.3. The van der Waals surface area contributed by atoms with E-state index in [1.165, 1.54) is 13.3 Å². The largest absolute Gasteiger partial charge is 0.454 e. The van der Waals surface area contributed by atoms with Crippen LogP contribution in [-0.4, -0.2) is 30.2 Å². The van der Waals surface area contributed by atoms with Gasteiger partial charge >= 0.3 is 6.18 Å². The minimum absolute atomic E-state index is 0.249. The Bertz CT molecular complexity index is 714. The lowest BCUT2D eigenvalue weighted by Gasteiger charge is -2.07.